The van der Waals surface area contributed by atoms with Crippen molar-refractivity contribution in [3.63, 3.8) is 0 Å². The van der Waals surface area contributed by atoms with Gasteiger partial charge in [0.05, 0.1) is 12.2 Å². The molecule has 0 heterocycles. The Morgan fingerprint density at radius 1 is 0.939 bits per heavy atom. The smallest absolute Gasteiger partial charge is 0.217 e. The lowest BCUT2D eigenvalue weighted by Gasteiger charge is -2.62. The molecule has 0 aromatic carbocycles. The van der Waals surface area contributed by atoms with Gasteiger partial charge in [0.2, 0.25) is 10.4 Å². The second-order valence-corrected chi connectivity index (χ2v) is 14.2. The van der Waals surface area contributed by atoms with E-state index < -0.39 is 22.6 Å². The van der Waals surface area contributed by atoms with E-state index >= 15 is 0 Å². The molecular formula is C27H47O5S-. The van der Waals surface area contributed by atoms with Gasteiger partial charge in [0.1, 0.15) is 0 Å². The van der Waals surface area contributed by atoms with Gasteiger partial charge in [0.15, 0.2) is 0 Å². The lowest BCUT2D eigenvalue weighted by Crippen LogP contribution is -2.59. The molecule has 0 amide bonds. The van der Waals surface area contributed by atoms with Gasteiger partial charge < -0.3 is 9.66 Å². The van der Waals surface area contributed by atoms with Crippen LogP contribution >= 0.6 is 0 Å². The molecular weight excluding hydrogens is 436 g/mol. The molecule has 0 bridgehead atoms. The van der Waals surface area contributed by atoms with Crippen molar-refractivity contribution in [1.82, 2.24) is 0 Å². The van der Waals surface area contributed by atoms with E-state index in [4.69, 9.17) is 4.18 Å². The van der Waals surface area contributed by atoms with Crippen LogP contribution in [0.5, 0.6) is 0 Å². The summed E-state index contributed by atoms with van der Waals surface area (Å²) in [7, 11) is -4.77. The molecule has 5 nitrogen and oxygen atoms in total. The maximum atomic E-state index is 11.7. The van der Waals surface area contributed by atoms with Crippen LogP contribution in [0.25, 0.3) is 0 Å². The molecule has 0 radical (unpaired) electrons. The van der Waals surface area contributed by atoms with Gasteiger partial charge in [-0.15, -0.1) is 0 Å². The van der Waals surface area contributed by atoms with E-state index in [9.17, 15) is 18.1 Å². The molecule has 4 fully saturated rings. The molecule has 4 saturated carbocycles. The average Bonchev–Trinajstić information content (AvgIpc) is 3.05. The van der Waals surface area contributed by atoms with Crippen LogP contribution in [0.2, 0.25) is 0 Å². The Morgan fingerprint density at radius 2 is 1.61 bits per heavy atom. The topological polar surface area (TPSA) is 86.7 Å². The Bertz CT molecular complexity index is 796. The van der Waals surface area contributed by atoms with Gasteiger partial charge in [0, 0.05) is 0 Å². The van der Waals surface area contributed by atoms with Crippen LogP contribution in [0.4, 0.5) is 0 Å². The van der Waals surface area contributed by atoms with Crippen LogP contribution in [0.3, 0.4) is 0 Å². The van der Waals surface area contributed by atoms with Gasteiger partial charge in [-0.2, -0.15) is 0 Å². The third-order valence-electron chi connectivity index (χ3n) is 11.1. The molecule has 192 valence electrons. The van der Waals surface area contributed by atoms with Crippen LogP contribution in [0.1, 0.15) is 105 Å². The quantitative estimate of drug-likeness (QED) is 0.358. The maximum Gasteiger partial charge on any atom is 0.217 e. The highest BCUT2D eigenvalue weighted by Crippen LogP contribution is 2.68. The summed E-state index contributed by atoms with van der Waals surface area (Å²) >= 11 is 0. The second kappa shape index (κ2) is 9.37. The van der Waals surface area contributed by atoms with Crippen molar-refractivity contribution >= 4 is 10.4 Å². The van der Waals surface area contributed by atoms with E-state index in [-0.39, 0.29) is 11.3 Å². The van der Waals surface area contributed by atoms with Gasteiger partial charge in [-0.05, 0) is 104 Å². The van der Waals surface area contributed by atoms with Crippen molar-refractivity contribution in [2.45, 2.75) is 117 Å². The van der Waals surface area contributed by atoms with Crippen molar-refractivity contribution < 1.29 is 22.3 Å². The van der Waals surface area contributed by atoms with Crippen molar-refractivity contribution in [2.24, 2.45) is 52.3 Å². The number of aliphatic hydroxyl groups is 1. The van der Waals surface area contributed by atoms with E-state index in [1.807, 2.05) is 0 Å². The molecule has 33 heavy (non-hydrogen) atoms. The minimum atomic E-state index is -4.77. The number of hydrogen-bond acceptors (Lipinski definition) is 5. The standard InChI is InChI=1S/C27H48O5S/c1-17(2)7-6-8-18(3)21-9-10-22-20-16-25(32-33(29,30)31)24-15-19(28)11-13-27(24,5)23(20)12-14-26(21,22)4/h17-25,28H,6-16H2,1-5H3,(H,29,30,31)/p-1/t18-,19?,20+,21-,22+,23+,24?,25?,26-,27-/m1/s1. The molecule has 1 N–H and O–H groups in total. The highest BCUT2D eigenvalue weighted by molar-refractivity contribution is 7.80. The molecule has 0 aromatic heterocycles. The lowest BCUT2D eigenvalue weighted by molar-refractivity contribution is -0.166. The van der Waals surface area contributed by atoms with Gasteiger partial charge in [-0.1, -0.05) is 53.9 Å². The first-order valence-corrected chi connectivity index (χ1v) is 15.0. The SMILES string of the molecule is CC(C)CCC[C@@H](C)[C@H]1CC[C@H]2[C@@H]3CC(OS(=O)(=O)[O-])C4CC(O)CC[C@]4(C)[C@H]3CC[C@]12C. The molecule has 4 aliphatic rings. The highest BCUT2D eigenvalue weighted by Gasteiger charge is 2.63. The van der Waals surface area contributed by atoms with Gasteiger partial charge in [0.25, 0.3) is 0 Å². The summed E-state index contributed by atoms with van der Waals surface area (Å²) < 4.78 is 40.2. The number of fused-ring (bicyclic) bond motifs is 5. The third kappa shape index (κ3) is 4.93. The molecule has 6 heteroatoms. The first-order valence-electron chi connectivity index (χ1n) is 13.7. The zero-order valence-corrected chi connectivity index (χ0v) is 22.3. The Morgan fingerprint density at radius 3 is 2.27 bits per heavy atom. The highest BCUT2D eigenvalue weighted by atomic mass is 32.3. The van der Waals surface area contributed by atoms with Crippen molar-refractivity contribution in [3.05, 3.63) is 0 Å². The normalized spacial score (nSPS) is 46.5. The van der Waals surface area contributed by atoms with Gasteiger partial charge in [-0.25, -0.2) is 8.42 Å². The van der Waals surface area contributed by atoms with Gasteiger partial charge in [-0.3, -0.25) is 4.18 Å². The molecule has 0 aromatic rings. The monoisotopic (exact) mass is 483 g/mol. The zero-order chi connectivity index (χ0) is 24.2. The summed E-state index contributed by atoms with van der Waals surface area (Å²) in [5, 5.41) is 10.4. The molecule has 10 atom stereocenters. The fourth-order valence-electron chi connectivity index (χ4n) is 9.53. The first-order chi connectivity index (χ1) is 15.3. The Hall–Kier alpha value is -0.170. The summed E-state index contributed by atoms with van der Waals surface area (Å²) in [6.07, 6.45) is 10.7. The molecule has 3 unspecified atom stereocenters. The van der Waals surface area contributed by atoms with Crippen LogP contribution in [0, 0.1) is 52.3 Å². The summed E-state index contributed by atoms with van der Waals surface area (Å²) in [6.45, 7) is 11.9. The van der Waals surface area contributed by atoms with Crippen molar-refractivity contribution in [2.75, 3.05) is 0 Å². The predicted molar refractivity (Wildman–Crippen MR) is 129 cm³/mol. The van der Waals surface area contributed by atoms with Gasteiger partial charge >= 0.3 is 0 Å². The fourth-order valence-corrected chi connectivity index (χ4v) is 10.0. The Kier molecular flexibility index (Phi) is 7.35. The first kappa shape index (κ1) is 25.9. The second-order valence-electron chi connectivity index (χ2n) is 13.2. The maximum absolute atomic E-state index is 11.7. The molecule has 0 aliphatic heterocycles. The largest absolute Gasteiger partial charge is 0.726 e. The fraction of sp³-hybridized carbons (Fsp3) is 1.00. The molecule has 0 saturated heterocycles. The van der Waals surface area contributed by atoms with E-state index in [1.165, 1.54) is 44.9 Å². The minimum absolute atomic E-state index is 0.0530. The Balaban J connectivity index is 1.57. The zero-order valence-electron chi connectivity index (χ0n) is 21.5. The predicted octanol–water partition coefficient (Wildman–Crippen LogP) is 5.92. The van der Waals surface area contributed by atoms with E-state index in [0.29, 0.717) is 36.0 Å². The van der Waals surface area contributed by atoms with E-state index in [0.717, 1.165) is 30.6 Å². The van der Waals surface area contributed by atoms with Crippen LogP contribution in [-0.2, 0) is 14.6 Å². The van der Waals surface area contributed by atoms with E-state index in [1.54, 1.807) is 0 Å². The summed E-state index contributed by atoms with van der Waals surface area (Å²) in [5.74, 6) is 3.70. The van der Waals surface area contributed by atoms with E-state index in [2.05, 4.69) is 34.6 Å². The molecule has 4 rings (SSSR count). The average molecular weight is 484 g/mol. The lowest BCUT2D eigenvalue weighted by atomic mass is 9.43. The summed E-state index contributed by atoms with van der Waals surface area (Å²) in [5.41, 5.74) is 0.247. The van der Waals surface area contributed by atoms with Crippen LogP contribution in [-0.4, -0.2) is 30.3 Å². The van der Waals surface area contributed by atoms with Crippen molar-refractivity contribution in [3.8, 4) is 0 Å². The summed E-state index contributed by atoms with van der Waals surface area (Å²) in [6, 6.07) is 0. The van der Waals surface area contributed by atoms with Crippen molar-refractivity contribution in [1.29, 1.82) is 0 Å². The third-order valence-corrected chi connectivity index (χ3v) is 11.6. The number of rotatable bonds is 7. The summed E-state index contributed by atoms with van der Waals surface area (Å²) in [4.78, 5) is 0. The Labute approximate surface area is 202 Å². The van der Waals surface area contributed by atoms with Crippen LogP contribution < -0.4 is 0 Å². The molecule has 4 aliphatic carbocycles. The minimum Gasteiger partial charge on any atom is -0.726 e. The number of hydrogen-bond donors (Lipinski definition) is 1. The molecule has 0 spiro atoms. The van der Waals surface area contributed by atoms with Crippen LogP contribution in [0.15, 0.2) is 0 Å². The number of aliphatic hydroxyl groups excluding tert-OH is 1.